The van der Waals surface area contributed by atoms with Crippen molar-refractivity contribution in [2.24, 2.45) is 11.0 Å². The van der Waals surface area contributed by atoms with Gasteiger partial charge in [-0.3, -0.25) is 9.59 Å². The van der Waals surface area contributed by atoms with Gasteiger partial charge in [0.1, 0.15) is 11.8 Å². The van der Waals surface area contributed by atoms with Crippen molar-refractivity contribution < 1.29 is 23.8 Å². The lowest BCUT2D eigenvalue weighted by atomic mass is 10.0. The van der Waals surface area contributed by atoms with Crippen molar-refractivity contribution in [1.82, 2.24) is 10.7 Å². The summed E-state index contributed by atoms with van der Waals surface area (Å²) in [6.07, 6.45) is 2.89. The van der Waals surface area contributed by atoms with E-state index < -0.39 is 11.9 Å². The molecule has 2 aromatic rings. The minimum absolute atomic E-state index is 0.178. The molecule has 2 N–H and O–H groups in total. The molecule has 0 aliphatic carbocycles. The van der Waals surface area contributed by atoms with E-state index in [4.69, 9.17) is 14.2 Å². The molecule has 0 spiro atoms. The van der Waals surface area contributed by atoms with E-state index in [9.17, 15) is 9.59 Å². The number of hydrazone groups is 1. The number of carbonyl (C=O) groups excluding carboxylic acids is 2. The SMILES string of the molecule is CCCOc1ccc(/C=N\NC(=O)[C@H](CC(C)C)NC(=O)COc2ccccc2C)cc1OCC. The summed E-state index contributed by atoms with van der Waals surface area (Å²) in [6.45, 7) is 10.7. The number of ether oxygens (including phenoxy) is 3. The van der Waals surface area contributed by atoms with E-state index in [1.54, 1.807) is 12.1 Å². The predicted molar refractivity (Wildman–Crippen MR) is 137 cm³/mol. The van der Waals surface area contributed by atoms with E-state index in [1.807, 2.05) is 65.0 Å². The molecule has 0 unspecified atom stereocenters. The largest absolute Gasteiger partial charge is 0.490 e. The van der Waals surface area contributed by atoms with Crippen LogP contribution in [-0.2, 0) is 9.59 Å². The summed E-state index contributed by atoms with van der Waals surface area (Å²) < 4.78 is 17.0. The first-order valence-corrected chi connectivity index (χ1v) is 12.0. The highest BCUT2D eigenvalue weighted by molar-refractivity contribution is 5.89. The fourth-order valence-corrected chi connectivity index (χ4v) is 3.25. The molecule has 190 valence electrons. The zero-order chi connectivity index (χ0) is 25.6. The Balaban J connectivity index is 1.98. The molecule has 2 rings (SSSR count). The number of para-hydroxylation sites is 1. The summed E-state index contributed by atoms with van der Waals surface area (Å²) in [4.78, 5) is 25.2. The van der Waals surface area contributed by atoms with Crippen molar-refractivity contribution in [3.8, 4) is 17.2 Å². The van der Waals surface area contributed by atoms with Crippen molar-refractivity contribution in [1.29, 1.82) is 0 Å². The van der Waals surface area contributed by atoms with Gasteiger partial charge in [-0.1, -0.05) is 39.0 Å². The first-order chi connectivity index (χ1) is 16.8. The Labute approximate surface area is 208 Å². The van der Waals surface area contributed by atoms with Crippen LogP contribution in [0.4, 0.5) is 0 Å². The monoisotopic (exact) mass is 483 g/mol. The lowest BCUT2D eigenvalue weighted by Gasteiger charge is -2.19. The number of hydrogen-bond donors (Lipinski definition) is 2. The van der Waals surface area contributed by atoms with E-state index in [2.05, 4.69) is 15.8 Å². The maximum absolute atomic E-state index is 12.7. The van der Waals surface area contributed by atoms with Crippen LogP contribution in [-0.4, -0.2) is 43.9 Å². The van der Waals surface area contributed by atoms with Crippen LogP contribution in [0.1, 0.15) is 51.7 Å². The van der Waals surface area contributed by atoms with E-state index >= 15 is 0 Å². The lowest BCUT2D eigenvalue weighted by molar-refractivity contribution is -0.130. The van der Waals surface area contributed by atoms with Crippen LogP contribution >= 0.6 is 0 Å². The quantitative estimate of drug-likeness (QED) is 0.309. The fourth-order valence-electron chi connectivity index (χ4n) is 3.25. The minimum atomic E-state index is -0.732. The standard InChI is InChI=1S/C27H37N3O5/c1-6-14-34-24-13-12-21(16-25(24)33-7-2)17-28-30-27(32)22(15-19(3)4)29-26(31)18-35-23-11-9-8-10-20(23)5/h8-13,16-17,19,22H,6-7,14-15,18H2,1-5H3,(H,29,31)(H,30,32)/b28-17-/t22-/m0/s1. The Morgan fingerprint density at radius 3 is 2.46 bits per heavy atom. The van der Waals surface area contributed by atoms with Gasteiger partial charge >= 0.3 is 0 Å². The average molecular weight is 484 g/mol. The summed E-state index contributed by atoms with van der Waals surface area (Å²) in [7, 11) is 0. The number of benzene rings is 2. The molecule has 0 heterocycles. The van der Waals surface area contributed by atoms with Crippen molar-refractivity contribution in [3.63, 3.8) is 0 Å². The molecular weight excluding hydrogens is 446 g/mol. The third-order valence-electron chi connectivity index (χ3n) is 4.93. The van der Waals surface area contributed by atoms with Gasteiger partial charge in [0.05, 0.1) is 19.4 Å². The van der Waals surface area contributed by atoms with Gasteiger partial charge in [0.25, 0.3) is 11.8 Å². The zero-order valence-corrected chi connectivity index (χ0v) is 21.3. The number of nitrogens with zero attached hydrogens (tertiary/aromatic N) is 1. The summed E-state index contributed by atoms with van der Waals surface area (Å²) in [6, 6.07) is 12.2. The smallest absolute Gasteiger partial charge is 0.262 e. The molecule has 0 radical (unpaired) electrons. The molecule has 0 fully saturated rings. The van der Waals surface area contributed by atoms with Gasteiger partial charge in [0.2, 0.25) is 0 Å². The molecule has 2 amide bonds. The number of amides is 2. The van der Waals surface area contributed by atoms with E-state index in [-0.39, 0.29) is 18.4 Å². The molecule has 0 aliphatic rings. The van der Waals surface area contributed by atoms with Crippen LogP contribution in [0.25, 0.3) is 0 Å². The lowest BCUT2D eigenvalue weighted by Crippen LogP contribution is -2.47. The molecule has 0 saturated heterocycles. The van der Waals surface area contributed by atoms with E-state index in [0.29, 0.717) is 36.9 Å². The number of hydrogen-bond acceptors (Lipinski definition) is 6. The van der Waals surface area contributed by atoms with Gasteiger partial charge in [-0.25, -0.2) is 5.43 Å². The van der Waals surface area contributed by atoms with Crippen molar-refractivity contribution in [3.05, 3.63) is 53.6 Å². The van der Waals surface area contributed by atoms with Crippen LogP contribution in [0.5, 0.6) is 17.2 Å². The summed E-state index contributed by atoms with van der Waals surface area (Å²) >= 11 is 0. The molecule has 0 bridgehead atoms. The molecule has 0 aromatic heterocycles. The average Bonchev–Trinajstić information content (AvgIpc) is 2.82. The van der Waals surface area contributed by atoms with Crippen molar-refractivity contribution in [2.45, 2.75) is 53.5 Å². The van der Waals surface area contributed by atoms with Crippen LogP contribution in [0.2, 0.25) is 0 Å². The van der Waals surface area contributed by atoms with Crippen molar-refractivity contribution in [2.75, 3.05) is 19.8 Å². The summed E-state index contributed by atoms with van der Waals surface area (Å²) in [5.74, 6) is 1.35. The maximum atomic E-state index is 12.7. The molecule has 8 heteroatoms. The van der Waals surface area contributed by atoms with E-state index in [0.717, 1.165) is 17.5 Å². The minimum Gasteiger partial charge on any atom is -0.490 e. The molecule has 8 nitrogen and oxygen atoms in total. The number of rotatable bonds is 14. The number of aryl methyl sites for hydroxylation is 1. The van der Waals surface area contributed by atoms with E-state index in [1.165, 1.54) is 6.21 Å². The maximum Gasteiger partial charge on any atom is 0.262 e. The second-order valence-electron chi connectivity index (χ2n) is 8.53. The molecule has 0 aliphatic heterocycles. The van der Waals surface area contributed by atoms with Gasteiger partial charge in [0.15, 0.2) is 18.1 Å². The van der Waals surface area contributed by atoms with Gasteiger partial charge in [-0.15, -0.1) is 0 Å². The van der Waals surface area contributed by atoms with Crippen LogP contribution in [0.15, 0.2) is 47.6 Å². The predicted octanol–water partition coefficient (Wildman–Crippen LogP) is 4.24. The number of nitrogens with one attached hydrogen (secondary N) is 2. The second kappa shape index (κ2) is 14.7. The Kier molecular flexibility index (Phi) is 11.6. The topological polar surface area (TPSA) is 98.2 Å². The van der Waals surface area contributed by atoms with Crippen molar-refractivity contribution >= 4 is 18.0 Å². The Morgan fingerprint density at radius 2 is 1.77 bits per heavy atom. The van der Waals surface area contributed by atoms with Gasteiger partial charge in [-0.05, 0) is 68.0 Å². The fraction of sp³-hybridized carbons (Fsp3) is 0.444. The highest BCUT2D eigenvalue weighted by Crippen LogP contribution is 2.28. The van der Waals surface area contributed by atoms with Gasteiger partial charge < -0.3 is 19.5 Å². The first-order valence-electron chi connectivity index (χ1n) is 12.0. The van der Waals surface area contributed by atoms with Crippen LogP contribution in [0, 0.1) is 12.8 Å². The normalized spacial score (nSPS) is 11.8. The zero-order valence-electron chi connectivity index (χ0n) is 21.3. The molecule has 35 heavy (non-hydrogen) atoms. The Bertz CT molecular complexity index is 991. The highest BCUT2D eigenvalue weighted by Gasteiger charge is 2.22. The van der Waals surface area contributed by atoms with Gasteiger partial charge in [0, 0.05) is 0 Å². The molecule has 0 saturated carbocycles. The molecule has 1 atom stereocenters. The van der Waals surface area contributed by atoms with Crippen LogP contribution in [0.3, 0.4) is 0 Å². The number of carbonyl (C=O) groups is 2. The van der Waals surface area contributed by atoms with Gasteiger partial charge in [-0.2, -0.15) is 5.10 Å². The molecule has 2 aromatic carbocycles. The third kappa shape index (κ3) is 9.68. The highest BCUT2D eigenvalue weighted by atomic mass is 16.5. The Hall–Kier alpha value is -3.55. The van der Waals surface area contributed by atoms with Crippen LogP contribution < -0.4 is 25.0 Å². The summed E-state index contributed by atoms with van der Waals surface area (Å²) in [5, 5.41) is 6.82. The molecular formula is C27H37N3O5. The summed E-state index contributed by atoms with van der Waals surface area (Å²) in [5.41, 5.74) is 4.21. The third-order valence-corrected chi connectivity index (χ3v) is 4.93. The Morgan fingerprint density at radius 1 is 1.00 bits per heavy atom. The first kappa shape index (κ1) is 27.7. The second-order valence-corrected chi connectivity index (χ2v) is 8.53.